The number of likely N-dealkylation sites (N-methyl/N-ethyl adjacent to an activating group) is 1. The smallest absolute Gasteiger partial charge is 0.331 e. The molecule has 0 atom stereocenters. The Morgan fingerprint density at radius 2 is 1.62 bits per heavy atom. The molecule has 0 radical (unpaired) electrons. The number of hydrogen-bond acceptors (Lipinski definition) is 10. The van der Waals surface area contributed by atoms with Gasteiger partial charge in [-0.3, -0.25) is 19.2 Å². The number of thioether (sulfide) groups is 1. The average Bonchev–Trinajstić information content (AvgIpc) is 3.34. The van der Waals surface area contributed by atoms with Crippen molar-refractivity contribution in [3.63, 3.8) is 0 Å². The van der Waals surface area contributed by atoms with Gasteiger partial charge in [-0.2, -0.15) is 0 Å². The monoisotopic (exact) mass is 570 g/mol. The van der Waals surface area contributed by atoms with Crippen molar-refractivity contribution in [2.45, 2.75) is 23.4 Å². The Balaban J connectivity index is 1.50. The average molecular weight is 571 g/mol. The molecule has 0 aliphatic carbocycles. The summed E-state index contributed by atoms with van der Waals surface area (Å²) in [6.07, 6.45) is 0. The summed E-state index contributed by atoms with van der Waals surface area (Å²) in [4.78, 5) is 59.5. The predicted octanol–water partition coefficient (Wildman–Crippen LogP) is 3.52. The third-order valence-electron chi connectivity index (χ3n) is 6.04. The minimum absolute atomic E-state index is 0.141. The first-order valence-corrected chi connectivity index (χ1v) is 14.3. The highest BCUT2D eigenvalue weighted by molar-refractivity contribution is 8.03. The predicted molar refractivity (Wildman–Crippen MR) is 150 cm³/mol. The summed E-state index contributed by atoms with van der Waals surface area (Å²) in [6.45, 7) is 6.41. The molecule has 2 aromatic carbocycles. The summed E-state index contributed by atoms with van der Waals surface area (Å²) in [7, 11) is 2.02. The number of aromatic nitrogens is 1. The van der Waals surface area contributed by atoms with Crippen LogP contribution < -0.4 is 5.32 Å². The number of piperazine rings is 1. The fourth-order valence-electron chi connectivity index (χ4n) is 4.01. The maximum atomic E-state index is 13.2. The van der Waals surface area contributed by atoms with Gasteiger partial charge < -0.3 is 24.6 Å². The summed E-state index contributed by atoms with van der Waals surface area (Å²) < 4.78 is 11.3. The first-order chi connectivity index (χ1) is 18.8. The van der Waals surface area contributed by atoms with E-state index < -0.39 is 23.1 Å². The molecular formula is C27H30N4O6S2. The summed E-state index contributed by atoms with van der Waals surface area (Å²) in [5, 5.41) is 1.70. The molecule has 1 fully saturated rings. The van der Waals surface area contributed by atoms with Gasteiger partial charge in [0.15, 0.2) is 4.34 Å². The van der Waals surface area contributed by atoms with Gasteiger partial charge in [-0.25, -0.2) is 4.98 Å². The molecule has 0 saturated carbocycles. The number of carbonyl (C=O) groups is 4. The fourth-order valence-corrected chi connectivity index (χ4v) is 6.17. The van der Waals surface area contributed by atoms with Crippen LogP contribution in [0, 0.1) is 0 Å². The Morgan fingerprint density at radius 3 is 2.26 bits per heavy atom. The van der Waals surface area contributed by atoms with Crippen LogP contribution in [-0.2, 0) is 19.1 Å². The van der Waals surface area contributed by atoms with Crippen LogP contribution in [0.3, 0.4) is 0 Å². The molecule has 12 heteroatoms. The van der Waals surface area contributed by atoms with Gasteiger partial charge in [-0.05, 0) is 51.2 Å². The van der Waals surface area contributed by atoms with Crippen LogP contribution >= 0.6 is 23.1 Å². The van der Waals surface area contributed by atoms with Crippen LogP contribution in [0.2, 0.25) is 0 Å². The van der Waals surface area contributed by atoms with Crippen molar-refractivity contribution in [3.8, 4) is 0 Å². The van der Waals surface area contributed by atoms with E-state index in [4.69, 9.17) is 9.47 Å². The number of anilines is 1. The molecular weight excluding hydrogens is 540 g/mol. The van der Waals surface area contributed by atoms with Crippen LogP contribution in [0.4, 0.5) is 5.69 Å². The molecule has 0 spiro atoms. The zero-order valence-corrected chi connectivity index (χ0v) is 23.6. The molecule has 206 valence electrons. The van der Waals surface area contributed by atoms with Crippen molar-refractivity contribution in [2.75, 3.05) is 51.8 Å². The third kappa shape index (κ3) is 6.94. The van der Waals surface area contributed by atoms with E-state index >= 15 is 0 Å². The molecule has 4 rings (SSSR count). The summed E-state index contributed by atoms with van der Waals surface area (Å²) >= 11 is 2.25. The molecule has 0 unspecified atom stereocenters. The zero-order chi connectivity index (χ0) is 27.9. The lowest BCUT2D eigenvalue weighted by molar-refractivity contribution is -0.152. The standard InChI is InChI=1S/C27H30N4O6S2/c1-4-36-25(34)22(26(35)37-5-2)39-27-29-20-11-10-17(16-21(20)38-27)28-23(32)18-8-6-7-9-19(18)24(33)31-14-12-30(3)13-15-31/h6-11,16,22H,4-5,12-15H2,1-3H3,(H,28,32). The number of nitrogens with one attached hydrogen (secondary N) is 1. The Labute approximate surface area is 234 Å². The van der Waals surface area contributed by atoms with Crippen LogP contribution in [0.1, 0.15) is 34.6 Å². The lowest BCUT2D eigenvalue weighted by atomic mass is 10.0. The number of amides is 2. The van der Waals surface area contributed by atoms with Gasteiger partial charge in [0.1, 0.15) is 0 Å². The normalized spacial score (nSPS) is 13.9. The second-order valence-electron chi connectivity index (χ2n) is 8.76. The number of carbonyl (C=O) groups excluding carboxylic acids is 4. The van der Waals surface area contributed by atoms with E-state index in [1.165, 1.54) is 11.3 Å². The molecule has 1 aliphatic rings. The molecule has 1 aromatic heterocycles. The lowest BCUT2D eigenvalue weighted by Crippen LogP contribution is -2.47. The Hall–Kier alpha value is -3.48. The van der Waals surface area contributed by atoms with Gasteiger partial charge in [0.05, 0.1) is 34.6 Å². The van der Waals surface area contributed by atoms with Gasteiger partial charge in [0.2, 0.25) is 5.25 Å². The molecule has 1 aliphatic heterocycles. The van der Waals surface area contributed by atoms with Crippen LogP contribution in [0.25, 0.3) is 10.2 Å². The number of fused-ring (bicyclic) bond motifs is 1. The molecule has 0 bridgehead atoms. The van der Waals surface area contributed by atoms with Gasteiger partial charge >= 0.3 is 11.9 Å². The Bertz CT molecular complexity index is 1350. The molecule has 1 saturated heterocycles. The third-order valence-corrected chi connectivity index (χ3v) is 8.30. The number of esters is 2. The van der Waals surface area contributed by atoms with E-state index in [1.807, 2.05) is 7.05 Å². The largest absolute Gasteiger partial charge is 0.465 e. The van der Waals surface area contributed by atoms with Crippen molar-refractivity contribution < 1.29 is 28.7 Å². The second-order valence-corrected chi connectivity index (χ2v) is 11.1. The molecule has 39 heavy (non-hydrogen) atoms. The van der Waals surface area contributed by atoms with E-state index in [1.54, 1.807) is 61.2 Å². The van der Waals surface area contributed by atoms with E-state index in [0.29, 0.717) is 39.8 Å². The van der Waals surface area contributed by atoms with Crippen molar-refractivity contribution in [1.82, 2.24) is 14.8 Å². The lowest BCUT2D eigenvalue weighted by Gasteiger charge is -2.32. The molecule has 1 N–H and O–H groups in total. The quantitative estimate of drug-likeness (QED) is 0.234. The van der Waals surface area contributed by atoms with Crippen molar-refractivity contribution in [2.24, 2.45) is 0 Å². The van der Waals surface area contributed by atoms with Gasteiger partial charge in [-0.15, -0.1) is 11.3 Å². The van der Waals surface area contributed by atoms with E-state index in [0.717, 1.165) is 29.6 Å². The number of ether oxygens (including phenoxy) is 2. The number of nitrogens with zero attached hydrogens (tertiary/aromatic N) is 3. The zero-order valence-electron chi connectivity index (χ0n) is 22.0. The van der Waals surface area contributed by atoms with Gasteiger partial charge in [-0.1, -0.05) is 23.9 Å². The van der Waals surface area contributed by atoms with Crippen LogP contribution in [0.15, 0.2) is 46.8 Å². The maximum absolute atomic E-state index is 13.2. The van der Waals surface area contributed by atoms with Crippen LogP contribution in [0.5, 0.6) is 0 Å². The Kier molecular flexibility index (Phi) is 9.54. The highest BCUT2D eigenvalue weighted by Crippen LogP contribution is 2.34. The fraction of sp³-hybridized carbons (Fsp3) is 0.370. The molecule has 10 nitrogen and oxygen atoms in total. The van der Waals surface area contributed by atoms with Gasteiger partial charge in [0.25, 0.3) is 11.8 Å². The van der Waals surface area contributed by atoms with Gasteiger partial charge in [0, 0.05) is 31.9 Å². The number of thiazole rings is 1. The highest BCUT2D eigenvalue weighted by atomic mass is 32.2. The molecule has 2 amide bonds. The first-order valence-electron chi connectivity index (χ1n) is 12.6. The van der Waals surface area contributed by atoms with Crippen molar-refractivity contribution >= 4 is 62.8 Å². The number of hydrogen-bond donors (Lipinski definition) is 1. The minimum Gasteiger partial charge on any atom is -0.465 e. The first kappa shape index (κ1) is 28.5. The van der Waals surface area contributed by atoms with Crippen molar-refractivity contribution in [1.29, 1.82) is 0 Å². The number of benzene rings is 2. The van der Waals surface area contributed by atoms with Crippen LogP contribution in [-0.4, -0.2) is 90.2 Å². The summed E-state index contributed by atoms with van der Waals surface area (Å²) in [5.41, 5.74) is 1.84. The molecule has 2 heterocycles. The minimum atomic E-state index is -1.18. The maximum Gasteiger partial charge on any atom is 0.331 e. The summed E-state index contributed by atoms with van der Waals surface area (Å²) in [5.74, 6) is -1.92. The molecule has 3 aromatic rings. The summed E-state index contributed by atoms with van der Waals surface area (Å²) in [6, 6.07) is 12.0. The Morgan fingerprint density at radius 1 is 0.974 bits per heavy atom. The highest BCUT2D eigenvalue weighted by Gasteiger charge is 2.32. The number of rotatable bonds is 9. The van der Waals surface area contributed by atoms with E-state index in [2.05, 4.69) is 15.2 Å². The van der Waals surface area contributed by atoms with E-state index in [9.17, 15) is 19.2 Å². The van der Waals surface area contributed by atoms with E-state index in [-0.39, 0.29) is 19.1 Å². The SMILES string of the molecule is CCOC(=O)C(Sc1nc2ccc(NC(=O)c3ccccc3C(=O)N3CCN(C)CC3)cc2s1)C(=O)OCC. The topological polar surface area (TPSA) is 118 Å². The van der Waals surface area contributed by atoms with Crippen molar-refractivity contribution in [3.05, 3.63) is 53.6 Å². The second kappa shape index (κ2) is 13.0.